The Balaban J connectivity index is 1.85. The first-order valence-electron chi connectivity index (χ1n) is 7.03. The normalized spacial score (nSPS) is 11.3. The van der Waals surface area contributed by atoms with Gasteiger partial charge in [-0.3, -0.25) is 0 Å². The lowest BCUT2D eigenvalue weighted by Gasteiger charge is -2.01. The van der Waals surface area contributed by atoms with Gasteiger partial charge >= 0.3 is 0 Å². The lowest BCUT2D eigenvalue weighted by Crippen LogP contribution is -2.03. The van der Waals surface area contributed by atoms with Crippen LogP contribution in [0, 0.1) is 6.92 Å². The molecule has 2 aromatic heterocycles. The van der Waals surface area contributed by atoms with Gasteiger partial charge in [-0.25, -0.2) is 4.68 Å². The summed E-state index contributed by atoms with van der Waals surface area (Å²) in [6.45, 7) is 6.83. The van der Waals surface area contributed by atoms with Crippen molar-refractivity contribution in [1.29, 1.82) is 0 Å². The molecule has 1 aromatic carbocycles. The Morgan fingerprint density at radius 1 is 1.14 bits per heavy atom. The smallest absolute Gasteiger partial charge is 0.139 e. The Morgan fingerprint density at radius 3 is 2.50 bits per heavy atom. The Kier molecular flexibility index (Phi) is 4.22. The molecule has 0 aliphatic carbocycles. The molecule has 0 fully saturated rings. The Bertz CT molecular complexity index is 776. The summed E-state index contributed by atoms with van der Waals surface area (Å²) >= 11 is 7.55. The summed E-state index contributed by atoms with van der Waals surface area (Å²) in [5, 5.41) is 19.7. The third-order valence-corrected chi connectivity index (χ3v) is 4.82. The number of hydrogen-bond acceptors (Lipinski definition) is 5. The van der Waals surface area contributed by atoms with Crippen LogP contribution in [0.15, 0.2) is 24.3 Å². The van der Waals surface area contributed by atoms with E-state index in [1.54, 1.807) is 11.3 Å². The second-order valence-corrected chi connectivity index (χ2v) is 6.91. The number of rotatable bonds is 4. The maximum atomic E-state index is 5.92. The molecule has 0 aliphatic heterocycles. The molecular weight excluding hydrogens is 318 g/mol. The van der Waals surface area contributed by atoms with Crippen LogP contribution < -0.4 is 0 Å². The van der Waals surface area contributed by atoms with Gasteiger partial charge in [-0.05, 0) is 19.1 Å². The van der Waals surface area contributed by atoms with Crippen LogP contribution in [-0.2, 0) is 6.54 Å². The molecular formula is C15H16ClN5S. The summed E-state index contributed by atoms with van der Waals surface area (Å²) in [4.78, 5) is 0. The average molecular weight is 334 g/mol. The second-order valence-electron chi connectivity index (χ2n) is 5.38. The van der Waals surface area contributed by atoms with Gasteiger partial charge in [-0.2, -0.15) is 0 Å². The number of hydrogen-bond donors (Lipinski definition) is 0. The van der Waals surface area contributed by atoms with Crippen molar-refractivity contribution in [2.45, 2.75) is 33.2 Å². The number of halogens is 1. The molecule has 0 amide bonds. The minimum atomic E-state index is 0.396. The third-order valence-electron chi connectivity index (χ3n) is 3.36. The summed E-state index contributed by atoms with van der Waals surface area (Å²) in [7, 11) is 0. The molecule has 22 heavy (non-hydrogen) atoms. The fourth-order valence-corrected chi connectivity index (χ4v) is 3.03. The molecule has 0 bridgehead atoms. The minimum absolute atomic E-state index is 0.396. The van der Waals surface area contributed by atoms with Crippen molar-refractivity contribution < 1.29 is 0 Å². The molecule has 0 spiro atoms. The van der Waals surface area contributed by atoms with Crippen LogP contribution in [-0.4, -0.2) is 25.2 Å². The fourth-order valence-electron chi connectivity index (χ4n) is 2.08. The minimum Gasteiger partial charge on any atom is -0.242 e. The average Bonchev–Trinajstić information content (AvgIpc) is 3.09. The van der Waals surface area contributed by atoms with E-state index in [2.05, 4.69) is 34.4 Å². The predicted octanol–water partition coefficient (Wildman–Crippen LogP) is 3.93. The third kappa shape index (κ3) is 3.03. The summed E-state index contributed by atoms with van der Waals surface area (Å²) in [6, 6.07) is 7.61. The molecule has 3 rings (SSSR count). The van der Waals surface area contributed by atoms with Crippen molar-refractivity contribution in [3.8, 4) is 11.3 Å². The predicted molar refractivity (Wildman–Crippen MR) is 88.3 cm³/mol. The highest BCUT2D eigenvalue weighted by Crippen LogP contribution is 2.24. The first-order chi connectivity index (χ1) is 10.5. The molecule has 0 aliphatic rings. The quantitative estimate of drug-likeness (QED) is 0.726. The molecule has 2 heterocycles. The first kappa shape index (κ1) is 15.1. The second kappa shape index (κ2) is 6.14. The summed E-state index contributed by atoms with van der Waals surface area (Å²) in [5.74, 6) is 0.396. The SMILES string of the molecule is Cc1c(-c2ccc(Cl)cc2)nnn1Cc1nnc(C(C)C)s1. The maximum Gasteiger partial charge on any atom is 0.139 e. The largest absolute Gasteiger partial charge is 0.242 e. The molecule has 114 valence electrons. The summed E-state index contributed by atoms with van der Waals surface area (Å²) < 4.78 is 1.86. The van der Waals surface area contributed by atoms with E-state index in [9.17, 15) is 0 Å². The Hall–Kier alpha value is -1.79. The highest BCUT2D eigenvalue weighted by atomic mass is 35.5. The topological polar surface area (TPSA) is 56.5 Å². The molecule has 0 unspecified atom stereocenters. The standard InChI is InChI=1S/C15H16ClN5S/c1-9(2)15-19-17-13(22-15)8-21-10(3)14(18-20-21)11-4-6-12(16)7-5-11/h4-7,9H,8H2,1-3H3. The van der Waals surface area contributed by atoms with Gasteiger partial charge in [0, 0.05) is 16.5 Å². The monoisotopic (exact) mass is 333 g/mol. The van der Waals surface area contributed by atoms with Gasteiger partial charge in [0.15, 0.2) is 0 Å². The zero-order valence-electron chi connectivity index (χ0n) is 12.6. The molecule has 0 saturated heterocycles. The van der Waals surface area contributed by atoms with Gasteiger partial charge < -0.3 is 0 Å². The van der Waals surface area contributed by atoms with Crippen molar-refractivity contribution in [2.75, 3.05) is 0 Å². The van der Waals surface area contributed by atoms with E-state index in [0.717, 1.165) is 27.0 Å². The Morgan fingerprint density at radius 2 is 1.86 bits per heavy atom. The van der Waals surface area contributed by atoms with E-state index in [1.807, 2.05) is 35.9 Å². The first-order valence-corrected chi connectivity index (χ1v) is 8.22. The van der Waals surface area contributed by atoms with Crippen LogP contribution in [0.5, 0.6) is 0 Å². The Labute approximate surface area is 138 Å². The zero-order chi connectivity index (χ0) is 15.7. The van der Waals surface area contributed by atoms with Crippen molar-refractivity contribution in [3.63, 3.8) is 0 Å². The molecule has 0 N–H and O–H groups in total. The maximum absolute atomic E-state index is 5.92. The van der Waals surface area contributed by atoms with E-state index in [-0.39, 0.29) is 0 Å². The van der Waals surface area contributed by atoms with Crippen LogP contribution >= 0.6 is 22.9 Å². The van der Waals surface area contributed by atoms with E-state index >= 15 is 0 Å². The van der Waals surface area contributed by atoms with Crippen LogP contribution in [0.25, 0.3) is 11.3 Å². The number of aromatic nitrogens is 5. The van der Waals surface area contributed by atoms with Crippen LogP contribution in [0.3, 0.4) is 0 Å². The van der Waals surface area contributed by atoms with Crippen LogP contribution in [0.1, 0.15) is 35.5 Å². The van der Waals surface area contributed by atoms with E-state index < -0.39 is 0 Å². The van der Waals surface area contributed by atoms with Crippen molar-refractivity contribution >= 4 is 22.9 Å². The molecule has 7 heteroatoms. The van der Waals surface area contributed by atoms with Gasteiger partial charge in [0.2, 0.25) is 0 Å². The van der Waals surface area contributed by atoms with Crippen molar-refractivity contribution in [2.24, 2.45) is 0 Å². The summed E-state index contributed by atoms with van der Waals surface area (Å²) in [5.41, 5.74) is 2.88. The molecule has 0 atom stereocenters. The number of benzene rings is 1. The molecule has 5 nitrogen and oxygen atoms in total. The lowest BCUT2D eigenvalue weighted by molar-refractivity contribution is 0.626. The molecule has 0 radical (unpaired) electrons. The lowest BCUT2D eigenvalue weighted by atomic mass is 10.1. The number of nitrogens with zero attached hydrogens (tertiary/aromatic N) is 5. The summed E-state index contributed by atoms with van der Waals surface area (Å²) in [6.07, 6.45) is 0. The van der Waals surface area contributed by atoms with Crippen LogP contribution in [0.2, 0.25) is 5.02 Å². The van der Waals surface area contributed by atoms with Crippen molar-refractivity contribution in [3.05, 3.63) is 45.0 Å². The van der Waals surface area contributed by atoms with Crippen molar-refractivity contribution in [1.82, 2.24) is 25.2 Å². The van der Waals surface area contributed by atoms with E-state index in [1.165, 1.54) is 0 Å². The molecule has 3 aromatic rings. The molecule has 0 saturated carbocycles. The van der Waals surface area contributed by atoms with Gasteiger partial charge in [0.25, 0.3) is 0 Å². The van der Waals surface area contributed by atoms with E-state index in [4.69, 9.17) is 11.6 Å². The van der Waals surface area contributed by atoms with Gasteiger partial charge in [-0.1, -0.05) is 54.1 Å². The van der Waals surface area contributed by atoms with Gasteiger partial charge in [0.05, 0.1) is 12.2 Å². The fraction of sp³-hybridized carbons (Fsp3) is 0.333. The van der Waals surface area contributed by atoms with E-state index in [0.29, 0.717) is 17.5 Å². The highest BCUT2D eigenvalue weighted by molar-refractivity contribution is 7.11. The zero-order valence-corrected chi connectivity index (χ0v) is 14.2. The van der Waals surface area contributed by atoms with Crippen LogP contribution in [0.4, 0.5) is 0 Å². The highest BCUT2D eigenvalue weighted by Gasteiger charge is 2.13. The van der Waals surface area contributed by atoms with Gasteiger partial charge in [0.1, 0.15) is 15.7 Å². The van der Waals surface area contributed by atoms with Gasteiger partial charge in [-0.15, -0.1) is 15.3 Å².